The van der Waals surface area contributed by atoms with E-state index in [4.69, 9.17) is 19.3 Å². The number of hydrogen-bond donors (Lipinski definition) is 2. The average molecular weight is 603 g/mol. The molecule has 1 heterocycles. The second-order valence-corrected chi connectivity index (χ2v) is 12.0. The van der Waals surface area contributed by atoms with Crippen molar-refractivity contribution in [2.45, 2.75) is 77.2 Å². The van der Waals surface area contributed by atoms with Gasteiger partial charge in [-0.05, 0) is 92.6 Å². The van der Waals surface area contributed by atoms with Gasteiger partial charge >= 0.3 is 12.1 Å². The molecule has 10 heteroatoms. The van der Waals surface area contributed by atoms with Gasteiger partial charge in [-0.15, -0.1) is 0 Å². The summed E-state index contributed by atoms with van der Waals surface area (Å²) >= 11 is 0. The van der Waals surface area contributed by atoms with Crippen molar-refractivity contribution < 1.29 is 46.8 Å². The molecule has 2 unspecified atom stereocenters. The van der Waals surface area contributed by atoms with E-state index >= 15 is 4.39 Å². The van der Waals surface area contributed by atoms with Gasteiger partial charge in [-0.2, -0.15) is 13.2 Å². The smallest absolute Gasteiger partial charge is 0.419 e. The van der Waals surface area contributed by atoms with E-state index in [0.717, 1.165) is 6.07 Å². The molecule has 0 spiro atoms. The number of benzene rings is 3. The second-order valence-electron chi connectivity index (χ2n) is 12.0. The lowest BCUT2D eigenvalue weighted by atomic mass is 9.88. The first kappa shape index (κ1) is 30.7. The average Bonchev–Trinajstić information content (AvgIpc) is 3.47. The summed E-state index contributed by atoms with van der Waals surface area (Å²) in [5, 5.41) is 19.1. The van der Waals surface area contributed by atoms with Crippen molar-refractivity contribution in [3.05, 3.63) is 75.6 Å². The molecule has 2 N–H and O–H groups in total. The maximum atomic E-state index is 15.7. The fraction of sp³-hybridized carbons (Fsp3) is 0.424. The summed E-state index contributed by atoms with van der Waals surface area (Å²) < 4.78 is 75.7. The molecular formula is C33H34F4O6. The van der Waals surface area contributed by atoms with Crippen molar-refractivity contribution >= 4 is 5.97 Å². The molecule has 0 saturated heterocycles. The highest BCUT2D eigenvalue weighted by atomic mass is 19.4. The molecule has 2 aliphatic rings. The van der Waals surface area contributed by atoms with Crippen LogP contribution < -0.4 is 14.2 Å². The molecule has 0 fully saturated rings. The first-order valence-corrected chi connectivity index (χ1v) is 14.2. The molecular weight excluding hydrogens is 568 g/mol. The number of rotatable bonds is 9. The topological polar surface area (TPSA) is 85.2 Å². The van der Waals surface area contributed by atoms with Gasteiger partial charge < -0.3 is 24.4 Å². The van der Waals surface area contributed by atoms with Crippen molar-refractivity contribution in [2.75, 3.05) is 13.2 Å². The molecule has 2 atom stereocenters. The minimum atomic E-state index is -4.93. The quantitative estimate of drug-likeness (QED) is 0.245. The Kier molecular flexibility index (Phi) is 8.11. The fourth-order valence-corrected chi connectivity index (χ4v) is 6.01. The molecule has 1 aliphatic carbocycles. The predicted octanol–water partition coefficient (Wildman–Crippen LogP) is 7.69. The van der Waals surface area contributed by atoms with E-state index in [0.29, 0.717) is 63.5 Å². The number of carboxylic acids is 1. The van der Waals surface area contributed by atoms with Crippen LogP contribution in [0.15, 0.2) is 36.4 Å². The largest absolute Gasteiger partial charge is 0.493 e. The monoisotopic (exact) mass is 602 g/mol. The standard InChI is InChI=1S/C33H34F4O6/c1-17-11-21(41-10-9-32(3,4)40)12-18(2)29(17)24-15-25(33(35,36)37)31(34)30-23(24)7-8-26(30)43-20-5-6-22-19(13-28(38)39)16-42-27(22)14-20/h5-6,11-12,14-15,19,26,40H,7-10,13,16H2,1-4H3,(H,38,39). The normalized spacial score (nSPS) is 17.8. The van der Waals surface area contributed by atoms with E-state index in [1.54, 1.807) is 58.0 Å². The van der Waals surface area contributed by atoms with Crippen LogP contribution in [0.4, 0.5) is 17.6 Å². The maximum Gasteiger partial charge on any atom is 0.419 e. The van der Waals surface area contributed by atoms with Crippen LogP contribution in [-0.4, -0.2) is 35.0 Å². The minimum Gasteiger partial charge on any atom is -0.493 e. The summed E-state index contributed by atoms with van der Waals surface area (Å²) in [5.74, 6) is -1.32. The molecule has 5 rings (SSSR count). The van der Waals surface area contributed by atoms with E-state index in [1.165, 1.54) is 0 Å². The Balaban J connectivity index is 1.50. The minimum absolute atomic E-state index is 0.0931. The molecule has 0 amide bonds. The molecule has 3 aromatic carbocycles. The van der Waals surface area contributed by atoms with Crippen molar-refractivity contribution in [1.82, 2.24) is 0 Å². The number of aliphatic carboxylic acids is 1. The fourth-order valence-electron chi connectivity index (χ4n) is 6.01. The first-order chi connectivity index (χ1) is 20.1. The van der Waals surface area contributed by atoms with Crippen molar-refractivity contribution in [3.8, 4) is 28.4 Å². The highest BCUT2D eigenvalue weighted by Gasteiger charge is 2.41. The lowest BCUT2D eigenvalue weighted by molar-refractivity contribution is -0.140. The zero-order valence-corrected chi connectivity index (χ0v) is 24.4. The van der Waals surface area contributed by atoms with Crippen LogP contribution in [0.2, 0.25) is 0 Å². The van der Waals surface area contributed by atoms with Gasteiger partial charge in [0.15, 0.2) is 0 Å². The number of carbonyl (C=O) groups is 1. The summed E-state index contributed by atoms with van der Waals surface area (Å²) in [4.78, 5) is 11.2. The maximum absolute atomic E-state index is 15.7. The van der Waals surface area contributed by atoms with Crippen molar-refractivity contribution in [2.24, 2.45) is 0 Å². The van der Waals surface area contributed by atoms with Gasteiger partial charge in [-0.3, -0.25) is 4.79 Å². The number of hydrogen-bond acceptors (Lipinski definition) is 5. The van der Waals surface area contributed by atoms with Gasteiger partial charge in [0.1, 0.15) is 29.2 Å². The Hall–Kier alpha value is -3.79. The third kappa shape index (κ3) is 6.44. The molecule has 0 radical (unpaired) electrons. The van der Waals surface area contributed by atoms with Crippen molar-refractivity contribution in [3.63, 3.8) is 0 Å². The van der Waals surface area contributed by atoms with E-state index in [2.05, 4.69) is 0 Å². The summed E-state index contributed by atoms with van der Waals surface area (Å²) in [5.41, 5.74) is 1.06. The number of aliphatic hydroxyl groups is 1. The SMILES string of the molecule is Cc1cc(OCCC(C)(C)O)cc(C)c1-c1cc(C(F)(F)F)c(F)c2c1CCC2Oc1ccc2c(c1)OCC2CC(=O)O. The van der Waals surface area contributed by atoms with Crippen molar-refractivity contribution in [1.29, 1.82) is 0 Å². The van der Waals surface area contributed by atoms with Crippen LogP contribution in [0.1, 0.15) is 78.5 Å². The van der Waals surface area contributed by atoms with E-state index in [-0.39, 0.29) is 37.5 Å². The number of carboxylic acid groups (broad SMARTS) is 1. The summed E-state index contributed by atoms with van der Waals surface area (Å²) in [6.07, 6.45) is -5.00. The van der Waals surface area contributed by atoms with Crippen LogP contribution in [0.3, 0.4) is 0 Å². The molecule has 0 aromatic heterocycles. The second kappa shape index (κ2) is 11.4. The molecule has 0 saturated carbocycles. The van der Waals surface area contributed by atoms with Crippen LogP contribution in [-0.2, 0) is 17.4 Å². The third-order valence-corrected chi connectivity index (χ3v) is 8.02. The summed E-state index contributed by atoms with van der Waals surface area (Å²) in [6.45, 7) is 7.37. The number of aryl methyl sites for hydroxylation is 2. The first-order valence-electron chi connectivity index (χ1n) is 14.2. The molecule has 1 aliphatic heterocycles. The van der Waals surface area contributed by atoms with E-state index in [9.17, 15) is 23.1 Å². The van der Waals surface area contributed by atoms with Gasteiger partial charge in [-0.1, -0.05) is 6.07 Å². The summed E-state index contributed by atoms with van der Waals surface area (Å²) in [7, 11) is 0. The Morgan fingerprint density at radius 3 is 2.40 bits per heavy atom. The van der Waals surface area contributed by atoms with E-state index < -0.39 is 35.2 Å². The molecule has 3 aromatic rings. The molecule has 43 heavy (non-hydrogen) atoms. The van der Waals surface area contributed by atoms with Gasteiger partial charge in [-0.25, -0.2) is 4.39 Å². The Morgan fingerprint density at radius 1 is 1.07 bits per heavy atom. The zero-order valence-electron chi connectivity index (χ0n) is 24.4. The highest BCUT2D eigenvalue weighted by Crippen LogP contribution is 2.48. The van der Waals surface area contributed by atoms with Gasteiger partial charge in [0, 0.05) is 29.5 Å². The number of alkyl halides is 3. The Labute approximate surface area is 247 Å². The number of halogens is 4. The van der Waals surface area contributed by atoms with Crippen LogP contribution in [0.5, 0.6) is 17.2 Å². The lowest BCUT2D eigenvalue weighted by Gasteiger charge is -2.22. The Morgan fingerprint density at radius 2 is 1.77 bits per heavy atom. The highest BCUT2D eigenvalue weighted by molar-refractivity contribution is 5.77. The number of fused-ring (bicyclic) bond motifs is 2. The van der Waals surface area contributed by atoms with Gasteiger partial charge in [0.25, 0.3) is 0 Å². The molecule has 0 bridgehead atoms. The predicted molar refractivity (Wildman–Crippen MR) is 151 cm³/mol. The van der Waals surface area contributed by atoms with Crippen LogP contribution in [0.25, 0.3) is 11.1 Å². The number of ether oxygens (including phenoxy) is 3. The van der Waals surface area contributed by atoms with E-state index in [1.807, 2.05) is 0 Å². The van der Waals surface area contributed by atoms with Gasteiger partial charge in [0.05, 0.1) is 30.8 Å². The Bertz CT molecular complexity index is 1530. The third-order valence-electron chi connectivity index (χ3n) is 8.02. The molecule has 6 nitrogen and oxygen atoms in total. The van der Waals surface area contributed by atoms with Gasteiger partial charge in [0.2, 0.25) is 0 Å². The lowest BCUT2D eigenvalue weighted by Crippen LogP contribution is -2.21. The van der Waals surface area contributed by atoms with Crippen LogP contribution >= 0.6 is 0 Å². The summed E-state index contributed by atoms with van der Waals surface area (Å²) in [6, 6.07) is 9.24. The zero-order chi connectivity index (χ0) is 31.3. The molecule has 230 valence electrons. The van der Waals surface area contributed by atoms with Crippen LogP contribution in [0, 0.1) is 19.7 Å².